The first kappa shape index (κ1) is 18.4. The Bertz CT molecular complexity index is 1240. The van der Waals surface area contributed by atoms with Crippen LogP contribution >= 0.6 is 0 Å². The predicted octanol–water partition coefficient (Wildman–Crippen LogP) is 5.26. The molecule has 144 valence electrons. The lowest BCUT2D eigenvalue weighted by molar-refractivity contribution is -0.384. The lowest BCUT2D eigenvalue weighted by Gasteiger charge is -2.13. The molecule has 0 saturated carbocycles. The van der Waals surface area contributed by atoms with Crippen molar-refractivity contribution in [2.45, 2.75) is 13.5 Å². The lowest BCUT2D eigenvalue weighted by Crippen LogP contribution is -2.02. The number of fused-ring (bicyclic) bond motifs is 1. The van der Waals surface area contributed by atoms with Crippen molar-refractivity contribution in [3.05, 3.63) is 104 Å². The van der Waals surface area contributed by atoms with Crippen LogP contribution in [-0.2, 0) is 6.61 Å². The Kier molecular flexibility index (Phi) is 4.83. The molecule has 0 aliphatic carbocycles. The Morgan fingerprint density at radius 1 is 1.00 bits per heavy atom. The molecular formula is C23H17NO5. The second-order valence-corrected chi connectivity index (χ2v) is 6.69. The summed E-state index contributed by atoms with van der Waals surface area (Å²) >= 11 is 0. The van der Waals surface area contributed by atoms with Crippen LogP contribution in [0.4, 0.5) is 5.69 Å². The highest BCUT2D eigenvalue weighted by atomic mass is 16.6. The smallest absolute Gasteiger partial charge is 0.336 e. The highest BCUT2D eigenvalue weighted by molar-refractivity contribution is 5.98. The molecular weight excluding hydrogens is 370 g/mol. The normalized spacial score (nSPS) is 10.8. The summed E-state index contributed by atoms with van der Waals surface area (Å²) in [7, 11) is 0. The maximum Gasteiger partial charge on any atom is 0.336 e. The Balaban J connectivity index is 1.77. The molecule has 0 amide bonds. The van der Waals surface area contributed by atoms with Crippen molar-refractivity contribution in [1.82, 2.24) is 0 Å². The number of nitro benzene ring substituents is 1. The van der Waals surface area contributed by atoms with Crippen molar-refractivity contribution in [2.75, 3.05) is 0 Å². The van der Waals surface area contributed by atoms with Crippen LogP contribution in [-0.4, -0.2) is 4.92 Å². The SMILES string of the molecule is Cc1cc(OCc2ccc([N+](=O)[O-])cc2)c2c(-c3ccccc3)cc(=O)oc2c1. The largest absolute Gasteiger partial charge is 0.488 e. The molecule has 1 aromatic heterocycles. The maximum atomic E-state index is 12.1. The first-order valence-electron chi connectivity index (χ1n) is 9.01. The van der Waals surface area contributed by atoms with Crippen LogP contribution in [0, 0.1) is 17.0 Å². The van der Waals surface area contributed by atoms with Crippen LogP contribution in [0.1, 0.15) is 11.1 Å². The fourth-order valence-corrected chi connectivity index (χ4v) is 3.23. The molecule has 0 saturated heterocycles. The van der Waals surface area contributed by atoms with Crippen LogP contribution < -0.4 is 10.4 Å². The fraction of sp³-hybridized carbons (Fsp3) is 0.0870. The fourth-order valence-electron chi connectivity index (χ4n) is 3.23. The number of hydrogen-bond donors (Lipinski definition) is 0. The van der Waals surface area contributed by atoms with Gasteiger partial charge in [-0.1, -0.05) is 30.3 Å². The van der Waals surface area contributed by atoms with Crippen molar-refractivity contribution in [1.29, 1.82) is 0 Å². The molecule has 0 bridgehead atoms. The van der Waals surface area contributed by atoms with E-state index in [0.717, 1.165) is 22.3 Å². The standard InChI is InChI=1S/C23H17NO5/c1-15-11-20(28-14-16-7-9-18(10-8-16)24(26)27)23-19(17-5-3-2-4-6-17)13-22(25)29-21(23)12-15/h2-13H,14H2,1H3. The van der Waals surface area contributed by atoms with Crippen LogP contribution in [0.2, 0.25) is 0 Å². The van der Waals surface area contributed by atoms with Gasteiger partial charge < -0.3 is 9.15 Å². The molecule has 0 fully saturated rings. The van der Waals surface area contributed by atoms with Gasteiger partial charge in [0.1, 0.15) is 17.9 Å². The molecule has 0 unspecified atom stereocenters. The Morgan fingerprint density at radius 3 is 2.41 bits per heavy atom. The molecule has 0 atom stereocenters. The summed E-state index contributed by atoms with van der Waals surface area (Å²) in [5.74, 6) is 0.584. The predicted molar refractivity (Wildman–Crippen MR) is 110 cm³/mol. The maximum absolute atomic E-state index is 12.1. The zero-order valence-electron chi connectivity index (χ0n) is 15.6. The minimum absolute atomic E-state index is 0.0305. The van der Waals surface area contributed by atoms with E-state index in [1.54, 1.807) is 12.1 Å². The topological polar surface area (TPSA) is 82.6 Å². The molecule has 4 aromatic rings. The summed E-state index contributed by atoms with van der Waals surface area (Å²) in [4.78, 5) is 22.5. The number of aryl methyl sites for hydroxylation is 1. The average molecular weight is 387 g/mol. The van der Waals surface area contributed by atoms with E-state index in [1.165, 1.54) is 18.2 Å². The number of hydrogen-bond acceptors (Lipinski definition) is 5. The monoisotopic (exact) mass is 387 g/mol. The minimum Gasteiger partial charge on any atom is -0.488 e. The van der Waals surface area contributed by atoms with Crippen molar-refractivity contribution in [3.63, 3.8) is 0 Å². The van der Waals surface area contributed by atoms with Gasteiger partial charge in [-0.15, -0.1) is 0 Å². The van der Waals surface area contributed by atoms with Gasteiger partial charge in [0.05, 0.1) is 10.3 Å². The zero-order valence-corrected chi connectivity index (χ0v) is 15.6. The summed E-state index contributed by atoms with van der Waals surface area (Å²) in [5, 5.41) is 11.5. The average Bonchev–Trinajstić information content (AvgIpc) is 2.72. The van der Waals surface area contributed by atoms with Crippen molar-refractivity contribution in [2.24, 2.45) is 0 Å². The number of non-ortho nitro benzene ring substituents is 1. The molecule has 29 heavy (non-hydrogen) atoms. The summed E-state index contributed by atoms with van der Waals surface area (Å²) in [6, 6.07) is 20.9. The van der Waals surface area contributed by atoms with E-state index in [4.69, 9.17) is 9.15 Å². The molecule has 6 heteroatoms. The van der Waals surface area contributed by atoms with Crippen molar-refractivity contribution >= 4 is 16.7 Å². The van der Waals surface area contributed by atoms with E-state index < -0.39 is 10.5 Å². The number of nitrogens with zero attached hydrogens (tertiary/aromatic N) is 1. The lowest BCUT2D eigenvalue weighted by atomic mass is 10.0. The molecule has 3 aromatic carbocycles. The molecule has 0 radical (unpaired) electrons. The molecule has 4 rings (SSSR count). The highest BCUT2D eigenvalue weighted by Crippen LogP contribution is 2.35. The molecule has 0 N–H and O–H groups in total. The summed E-state index contributed by atoms with van der Waals surface area (Å²) < 4.78 is 11.5. The Morgan fingerprint density at radius 2 is 1.72 bits per heavy atom. The van der Waals surface area contributed by atoms with Gasteiger partial charge in [-0.3, -0.25) is 10.1 Å². The number of ether oxygens (including phenoxy) is 1. The third-order valence-electron chi connectivity index (χ3n) is 4.58. The molecule has 0 spiro atoms. The quantitative estimate of drug-likeness (QED) is 0.265. The van der Waals surface area contributed by atoms with Gasteiger partial charge in [0.25, 0.3) is 5.69 Å². The van der Waals surface area contributed by atoms with E-state index >= 15 is 0 Å². The summed E-state index contributed by atoms with van der Waals surface area (Å²) in [6.07, 6.45) is 0. The van der Waals surface area contributed by atoms with Gasteiger partial charge in [0.2, 0.25) is 0 Å². The minimum atomic E-state index is -0.438. The van der Waals surface area contributed by atoms with Crippen LogP contribution in [0.5, 0.6) is 5.75 Å². The third kappa shape index (κ3) is 3.87. The van der Waals surface area contributed by atoms with Gasteiger partial charge >= 0.3 is 5.63 Å². The van der Waals surface area contributed by atoms with Crippen LogP contribution in [0.25, 0.3) is 22.1 Å². The number of rotatable bonds is 5. The number of nitro groups is 1. The van der Waals surface area contributed by atoms with Crippen molar-refractivity contribution < 1.29 is 14.1 Å². The van der Waals surface area contributed by atoms with Gasteiger partial charge in [-0.05, 0) is 47.9 Å². The second kappa shape index (κ2) is 7.59. The van der Waals surface area contributed by atoms with Crippen LogP contribution in [0.15, 0.2) is 82.0 Å². The highest BCUT2D eigenvalue weighted by Gasteiger charge is 2.14. The van der Waals surface area contributed by atoms with Gasteiger partial charge in [0, 0.05) is 23.8 Å². The zero-order chi connectivity index (χ0) is 20.4. The molecule has 6 nitrogen and oxygen atoms in total. The second-order valence-electron chi connectivity index (χ2n) is 6.69. The molecule has 0 aliphatic rings. The third-order valence-corrected chi connectivity index (χ3v) is 4.58. The van der Waals surface area contributed by atoms with Gasteiger partial charge in [-0.25, -0.2) is 4.79 Å². The van der Waals surface area contributed by atoms with E-state index in [9.17, 15) is 14.9 Å². The summed E-state index contributed by atoms with van der Waals surface area (Å²) in [6.45, 7) is 2.12. The van der Waals surface area contributed by atoms with E-state index in [1.807, 2.05) is 49.4 Å². The first-order valence-corrected chi connectivity index (χ1v) is 9.01. The van der Waals surface area contributed by atoms with Gasteiger partial charge in [-0.2, -0.15) is 0 Å². The molecule has 1 heterocycles. The molecule has 0 aliphatic heterocycles. The first-order chi connectivity index (χ1) is 14.0. The summed E-state index contributed by atoms with van der Waals surface area (Å²) in [5.41, 5.74) is 3.36. The Hall–Kier alpha value is -3.93. The van der Waals surface area contributed by atoms with Crippen LogP contribution in [0.3, 0.4) is 0 Å². The number of benzene rings is 3. The Labute approximate surface area is 166 Å². The van der Waals surface area contributed by atoms with Crippen molar-refractivity contribution in [3.8, 4) is 16.9 Å². The van der Waals surface area contributed by atoms with E-state index in [0.29, 0.717) is 16.7 Å². The van der Waals surface area contributed by atoms with E-state index in [-0.39, 0.29) is 12.3 Å². The van der Waals surface area contributed by atoms with E-state index in [2.05, 4.69) is 0 Å². The van der Waals surface area contributed by atoms with Gasteiger partial charge in [0.15, 0.2) is 0 Å².